The number of hydrogen-bond donors (Lipinski definition) is 2. The van der Waals surface area contributed by atoms with Gasteiger partial charge in [0, 0.05) is 12.6 Å². The zero-order chi connectivity index (χ0) is 21.4. The predicted molar refractivity (Wildman–Crippen MR) is 91.3 cm³/mol. The first-order valence-electron chi connectivity index (χ1n) is 7.98. The van der Waals surface area contributed by atoms with Gasteiger partial charge in [-0.15, -0.1) is 0 Å². The molecule has 29 heavy (non-hydrogen) atoms. The molecule has 0 spiro atoms. The van der Waals surface area contributed by atoms with Gasteiger partial charge in [0.1, 0.15) is 0 Å². The number of rotatable bonds is 8. The number of aromatic nitrogens is 1. The van der Waals surface area contributed by atoms with Gasteiger partial charge < -0.3 is 24.8 Å². The fraction of sp³-hybridized carbons (Fsp3) is 0.294. The highest BCUT2D eigenvalue weighted by molar-refractivity contribution is 5.89. The van der Waals surface area contributed by atoms with E-state index in [-0.39, 0.29) is 29.6 Å². The molecular weight excluding hydrogens is 405 g/mol. The van der Waals surface area contributed by atoms with Crippen molar-refractivity contribution in [2.45, 2.75) is 19.3 Å². The van der Waals surface area contributed by atoms with E-state index >= 15 is 0 Å². The Morgan fingerprint density at radius 1 is 1.17 bits per heavy atom. The number of ether oxygens (including phenoxy) is 3. The van der Waals surface area contributed by atoms with Crippen LogP contribution in [0, 0.1) is 0 Å². The van der Waals surface area contributed by atoms with E-state index in [9.17, 15) is 26.7 Å². The maximum absolute atomic E-state index is 12.4. The van der Waals surface area contributed by atoms with E-state index in [1.807, 2.05) is 0 Å². The summed E-state index contributed by atoms with van der Waals surface area (Å²) >= 11 is 0. The van der Waals surface area contributed by atoms with Gasteiger partial charge >= 0.3 is 18.8 Å². The van der Waals surface area contributed by atoms with Crippen LogP contribution in [0.4, 0.5) is 32.4 Å². The second kappa shape index (κ2) is 9.75. The number of nitrogens with zero attached hydrogens (tertiary/aromatic N) is 1. The van der Waals surface area contributed by atoms with Gasteiger partial charge in [0.2, 0.25) is 5.88 Å². The first-order chi connectivity index (χ1) is 13.7. The minimum absolute atomic E-state index is 0.0182. The highest BCUT2D eigenvalue weighted by Gasteiger charge is 2.28. The average molecular weight is 421 g/mol. The van der Waals surface area contributed by atoms with Gasteiger partial charge in [-0.05, 0) is 23.8 Å². The predicted octanol–water partition coefficient (Wildman–Crippen LogP) is 3.95. The standard InChI is InChI=1S/C17H16F5N3O4/c1-27-12-4-2-10(6-13(12)29-15(18)19)7-24-16(26)25-11-3-5-14(23-8-11)28-9-17(20,21)22/h2-6,8,15H,7,9H2,1H3,(H2,24,25,26). The molecule has 1 heterocycles. The molecule has 2 N–H and O–H groups in total. The molecule has 0 saturated carbocycles. The lowest BCUT2D eigenvalue weighted by atomic mass is 10.2. The Morgan fingerprint density at radius 2 is 1.93 bits per heavy atom. The topological polar surface area (TPSA) is 81.7 Å². The van der Waals surface area contributed by atoms with Crippen LogP contribution in [0.2, 0.25) is 0 Å². The van der Waals surface area contributed by atoms with E-state index < -0.39 is 25.4 Å². The van der Waals surface area contributed by atoms with Crippen molar-refractivity contribution in [2.75, 3.05) is 19.0 Å². The molecule has 1 aromatic heterocycles. The quantitative estimate of drug-likeness (QED) is 0.631. The molecule has 0 aliphatic heterocycles. The summed E-state index contributed by atoms with van der Waals surface area (Å²) in [4.78, 5) is 15.6. The molecule has 12 heteroatoms. The van der Waals surface area contributed by atoms with Crippen molar-refractivity contribution >= 4 is 11.7 Å². The first-order valence-corrected chi connectivity index (χ1v) is 7.98. The summed E-state index contributed by atoms with van der Waals surface area (Å²) in [7, 11) is 1.30. The van der Waals surface area contributed by atoms with Crippen molar-refractivity contribution in [1.82, 2.24) is 10.3 Å². The summed E-state index contributed by atoms with van der Waals surface area (Å²) in [5, 5.41) is 4.90. The second-order valence-corrected chi connectivity index (χ2v) is 5.46. The van der Waals surface area contributed by atoms with Gasteiger partial charge in [-0.1, -0.05) is 6.07 Å². The molecule has 7 nitrogen and oxygen atoms in total. The lowest BCUT2D eigenvalue weighted by molar-refractivity contribution is -0.154. The lowest BCUT2D eigenvalue weighted by Crippen LogP contribution is -2.28. The minimum Gasteiger partial charge on any atom is -0.493 e. The number of nitrogens with one attached hydrogen (secondary N) is 2. The average Bonchev–Trinajstić information content (AvgIpc) is 2.65. The van der Waals surface area contributed by atoms with Crippen LogP contribution in [0.3, 0.4) is 0 Å². The third kappa shape index (κ3) is 7.68. The lowest BCUT2D eigenvalue weighted by Gasteiger charge is -2.12. The number of methoxy groups -OCH3 is 1. The number of benzene rings is 1. The SMILES string of the molecule is COc1ccc(CNC(=O)Nc2ccc(OCC(F)(F)F)nc2)cc1OC(F)F. The summed E-state index contributed by atoms with van der Waals surface area (Å²) in [5.41, 5.74) is 0.670. The highest BCUT2D eigenvalue weighted by Crippen LogP contribution is 2.29. The van der Waals surface area contributed by atoms with Crippen molar-refractivity contribution < 1.29 is 41.0 Å². The normalized spacial score (nSPS) is 11.1. The van der Waals surface area contributed by atoms with E-state index in [1.165, 1.54) is 31.4 Å². The molecule has 0 saturated heterocycles. The van der Waals surface area contributed by atoms with Crippen molar-refractivity contribution in [1.29, 1.82) is 0 Å². The minimum atomic E-state index is -4.49. The van der Waals surface area contributed by atoms with Crippen molar-refractivity contribution in [3.8, 4) is 17.4 Å². The van der Waals surface area contributed by atoms with Crippen molar-refractivity contribution in [2.24, 2.45) is 0 Å². The van der Waals surface area contributed by atoms with Crippen LogP contribution in [0.15, 0.2) is 36.5 Å². The van der Waals surface area contributed by atoms with Gasteiger partial charge in [-0.3, -0.25) is 0 Å². The van der Waals surface area contributed by atoms with E-state index in [1.54, 1.807) is 6.07 Å². The maximum Gasteiger partial charge on any atom is 0.422 e. The van der Waals surface area contributed by atoms with Gasteiger partial charge in [-0.25, -0.2) is 9.78 Å². The van der Waals surface area contributed by atoms with Crippen LogP contribution in [0.5, 0.6) is 17.4 Å². The molecular formula is C17H16F5N3O4. The molecule has 0 radical (unpaired) electrons. The van der Waals surface area contributed by atoms with Crippen LogP contribution >= 0.6 is 0 Å². The number of amides is 2. The maximum atomic E-state index is 12.4. The fourth-order valence-corrected chi connectivity index (χ4v) is 2.07. The molecule has 2 aromatic rings. The van der Waals surface area contributed by atoms with E-state index in [4.69, 9.17) is 4.74 Å². The molecule has 0 unspecified atom stereocenters. The third-order valence-electron chi connectivity index (χ3n) is 3.28. The number of anilines is 1. The van der Waals surface area contributed by atoms with Gasteiger partial charge in [0.05, 0.1) is 19.0 Å². The summed E-state index contributed by atoms with van der Waals surface area (Å²) in [6, 6.07) is 6.07. The summed E-state index contributed by atoms with van der Waals surface area (Å²) in [5.74, 6) is -0.323. The molecule has 0 aliphatic carbocycles. The number of carbonyl (C=O) groups is 1. The molecule has 0 fully saturated rings. The van der Waals surface area contributed by atoms with Crippen LogP contribution < -0.4 is 24.8 Å². The molecule has 0 bridgehead atoms. The Kier molecular flexibility index (Phi) is 7.39. The molecule has 0 aliphatic rings. The zero-order valence-electron chi connectivity index (χ0n) is 14.9. The largest absolute Gasteiger partial charge is 0.493 e. The number of urea groups is 1. The van der Waals surface area contributed by atoms with Crippen LogP contribution in [-0.2, 0) is 6.54 Å². The number of halogens is 5. The monoisotopic (exact) mass is 421 g/mol. The van der Waals surface area contributed by atoms with E-state index in [0.717, 1.165) is 6.20 Å². The van der Waals surface area contributed by atoms with E-state index in [0.29, 0.717) is 5.56 Å². The highest BCUT2D eigenvalue weighted by atomic mass is 19.4. The molecule has 1 aromatic carbocycles. The Hall–Kier alpha value is -3.31. The summed E-state index contributed by atoms with van der Waals surface area (Å²) < 4.78 is 74.8. The number of pyridine rings is 1. The van der Waals surface area contributed by atoms with Crippen LogP contribution in [0.1, 0.15) is 5.56 Å². The Balaban J connectivity index is 1.88. The first kappa shape index (κ1) is 22.0. The third-order valence-corrected chi connectivity index (χ3v) is 3.28. The van der Waals surface area contributed by atoms with Crippen molar-refractivity contribution in [3.05, 3.63) is 42.1 Å². The van der Waals surface area contributed by atoms with Crippen LogP contribution in [-0.4, -0.2) is 37.5 Å². The smallest absolute Gasteiger partial charge is 0.422 e. The zero-order valence-corrected chi connectivity index (χ0v) is 14.9. The number of alkyl halides is 5. The van der Waals surface area contributed by atoms with Gasteiger partial charge in [-0.2, -0.15) is 22.0 Å². The van der Waals surface area contributed by atoms with E-state index in [2.05, 4.69) is 25.1 Å². The van der Waals surface area contributed by atoms with Crippen molar-refractivity contribution in [3.63, 3.8) is 0 Å². The Bertz CT molecular complexity index is 816. The molecule has 2 amide bonds. The number of hydrogen-bond acceptors (Lipinski definition) is 5. The summed E-state index contributed by atoms with van der Waals surface area (Å²) in [6.45, 7) is -4.53. The van der Waals surface area contributed by atoms with Gasteiger partial charge in [0.15, 0.2) is 18.1 Å². The van der Waals surface area contributed by atoms with Gasteiger partial charge in [0.25, 0.3) is 0 Å². The molecule has 0 atom stereocenters. The number of carbonyl (C=O) groups excluding carboxylic acids is 1. The molecule has 2 rings (SSSR count). The second-order valence-electron chi connectivity index (χ2n) is 5.46. The molecule has 158 valence electrons. The fourth-order valence-electron chi connectivity index (χ4n) is 2.07. The Morgan fingerprint density at radius 3 is 2.52 bits per heavy atom. The van der Waals surface area contributed by atoms with Crippen LogP contribution in [0.25, 0.3) is 0 Å². The summed E-state index contributed by atoms with van der Waals surface area (Å²) in [6.07, 6.45) is -3.37. The Labute approximate surface area is 161 Å².